The summed E-state index contributed by atoms with van der Waals surface area (Å²) in [7, 11) is 4.10. The smallest absolute Gasteiger partial charge is 0.256 e. The fourth-order valence-electron chi connectivity index (χ4n) is 2.55. The van der Waals surface area contributed by atoms with E-state index >= 15 is 0 Å². The Balaban J connectivity index is 2.56. The molecule has 0 bridgehead atoms. The summed E-state index contributed by atoms with van der Waals surface area (Å²) < 4.78 is 11.4. The first kappa shape index (κ1) is 21.5. The van der Waals surface area contributed by atoms with Crippen LogP contribution in [0.4, 0.5) is 5.69 Å². The van der Waals surface area contributed by atoms with E-state index in [9.17, 15) is 4.79 Å². The fourth-order valence-corrected chi connectivity index (χ4v) is 2.55. The van der Waals surface area contributed by atoms with Crippen molar-refractivity contribution in [1.82, 2.24) is 4.90 Å². The van der Waals surface area contributed by atoms with Crippen LogP contribution < -0.4 is 10.1 Å². The minimum absolute atomic E-state index is 0.0950. The van der Waals surface area contributed by atoms with Crippen LogP contribution in [0.3, 0.4) is 0 Å². The molecule has 0 aliphatic rings. The third kappa shape index (κ3) is 7.88. The summed E-state index contributed by atoms with van der Waals surface area (Å²) in [5.41, 5.74) is -0.0281. The number of anilines is 1. The maximum Gasteiger partial charge on any atom is 0.256 e. The van der Waals surface area contributed by atoms with Crippen molar-refractivity contribution < 1.29 is 14.3 Å². The SMILES string of the molecule is CCCC[C@](C)(OCC)C(=O)Nc1ccc(OCCCN(C)C)cc1. The van der Waals surface area contributed by atoms with Crippen LogP contribution in [0.25, 0.3) is 0 Å². The van der Waals surface area contributed by atoms with Gasteiger partial charge in [0.2, 0.25) is 0 Å². The molecule has 142 valence electrons. The predicted molar refractivity (Wildman–Crippen MR) is 103 cm³/mol. The molecule has 0 aliphatic carbocycles. The highest BCUT2D eigenvalue weighted by Gasteiger charge is 2.33. The van der Waals surface area contributed by atoms with Gasteiger partial charge in [0.15, 0.2) is 0 Å². The zero-order valence-corrected chi connectivity index (χ0v) is 16.4. The van der Waals surface area contributed by atoms with Gasteiger partial charge in [-0.1, -0.05) is 19.8 Å². The molecule has 1 aromatic rings. The lowest BCUT2D eigenvalue weighted by molar-refractivity contribution is -0.139. The molecule has 1 aromatic carbocycles. The summed E-state index contributed by atoms with van der Waals surface area (Å²) in [6.45, 7) is 8.10. The molecule has 0 heterocycles. The molecule has 1 N–H and O–H groups in total. The second-order valence-electron chi connectivity index (χ2n) is 6.75. The van der Waals surface area contributed by atoms with Crippen molar-refractivity contribution >= 4 is 11.6 Å². The Morgan fingerprint density at radius 2 is 1.84 bits per heavy atom. The van der Waals surface area contributed by atoms with Gasteiger partial charge in [-0.15, -0.1) is 0 Å². The van der Waals surface area contributed by atoms with Crippen LogP contribution in [0.5, 0.6) is 5.75 Å². The first-order valence-electron chi connectivity index (χ1n) is 9.24. The quantitative estimate of drug-likeness (QED) is 0.580. The highest BCUT2D eigenvalue weighted by molar-refractivity contribution is 5.97. The van der Waals surface area contributed by atoms with Crippen LogP contribution in [-0.4, -0.2) is 50.3 Å². The zero-order valence-electron chi connectivity index (χ0n) is 16.4. The van der Waals surface area contributed by atoms with E-state index in [1.165, 1.54) is 0 Å². The van der Waals surface area contributed by atoms with Crippen LogP contribution in [0.1, 0.15) is 46.5 Å². The number of ether oxygens (including phenoxy) is 2. The van der Waals surface area contributed by atoms with Crippen LogP contribution in [-0.2, 0) is 9.53 Å². The van der Waals surface area contributed by atoms with Gasteiger partial charge in [-0.25, -0.2) is 0 Å². The van der Waals surface area contributed by atoms with Crippen LogP contribution >= 0.6 is 0 Å². The van der Waals surface area contributed by atoms with E-state index in [4.69, 9.17) is 9.47 Å². The maximum absolute atomic E-state index is 12.6. The minimum atomic E-state index is -0.786. The number of unbranched alkanes of at least 4 members (excludes halogenated alkanes) is 1. The molecular weight excluding hydrogens is 316 g/mol. The maximum atomic E-state index is 12.6. The van der Waals surface area contributed by atoms with Crippen molar-refractivity contribution in [2.24, 2.45) is 0 Å². The van der Waals surface area contributed by atoms with Crippen molar-refractivity contribution in [1.29, 1.82) is 0 Å². The second-order valence-corrected chi connectivity index (χ2v) is 6.75. The van der Waals surface area contributed by atoms with Crippen molar-refractivity contribution in [3.05, 3.63) is 24.3 Å². The topological polar surface area (TPSA) is 50.8 Å². The summed E-state index contributed by atoms with van der Waals surface area (Å²) in [6, 6.07) is 7.50. The summed E-state index contributed by atoms with van der Waals surface area (Å²) >= 11 is 0. The zero-order chi connectivity index (χ0) is 18.7. The van der Waals surface area contributed by atoms with Gasteiger partial charge in [0.05, 0.1) is 6.61 Å². The first-order chi connectivity index (χ1) is 11.9. The molecular formula is C20H34N2O3. The summed E-state index contributed by atoms with van der Waals surface area (Å²) in [4.78, 5) is 14.8. The number of carbonyl (C=O) groups is 1. The normalized spacial score (nSPS) is 13.5. The summed E-state index contributed by atoms with van der Waals surface area (Å²) in [5.74, 6) is 0.720. The molecule has 5 nitrogen and oxygen atoms in total. The Kier molecular flexibility index (Phi) is 9.53. The molecule has 0 unspecified atom stereocenters. The Labute approximate surface area is 152 Å². The van der Waals surface area contributed by atoms with E-state index in [1.807, 2.05) is 52.2 Å². The Morgan fingerprint density at radius 1 is 1.16 bits per heavy atom. The van der Waals surface area contributed by atoms with Gasteiger partial charge >= 0.3 is 0 Å². The highest BCUT2D eigenvalue weighted by atomic mass is 16.5. The van der Waals surface area contributed by atoms with E-state index in [0.717, 1.165) is 43.7 Å². The van der Waals surface area contributed by atoms with Crippen molar-refractivity contribution in [3.63, 3.8) is 0 Å². The molecule has 1 rings (SSSR count). The molecule has 1 atom stereocenters. The number of carbonyl (C=O) groups excluding carboxylic acids is 1. The molecule has 0 aromatic heterocycles. The monoisotopic (exact) mass is 350 g/mol. The van der Waals surface area contributed by atoms with Gasteiger partial charge in [0.25, 0.3) is 5.91 Å². The molecule has 0 saturated carbocycles. The molecule has 0 radical (unpaired) electrons. The fraction of sp³-hybridized carbons (Fsp3) is 0.650. The largest absolute Gasteiger partial charge is 0.494 e. The third-order valence-corrected chi connectivity index (χ3v) is 4.08. The molecule has 25 heavy (non-hydrogen) atoms. The number of amides is 1. The van der Waals surface area contributed by atoms with Crippen LogP contribution in [0, 0.1) is 0 Å². The number of nitrogens with one attached hydrogen (secondary N) is 1. The molecule has 0 spiro atoms. The number of hydrogen-bond acceptors (Lipinski definition) is 4. The highest BCUT2D eigenvalue weighted by Crippen LogP contribution is 2.23. The van der Waals surface area contributed by atoms with Gasteiger partial charge in [-0.2, -0.15) is 0 Å². The molecule has 0 saturated heterocycles. The van der Waals surface area contributed by atoms with Crippen LogP contribution in [0.2, 0.25) is 0 Å². The van der Waals surface area contributed by atoms with Crippen molar-refractivity contribution in [3.8, 4) is 5.75 Å². The summed E-state index contributed by atoms with van der Waals surface area (Å²) in [6.07, 6.45) is 3.70. The number of benzene rings is 1. The predicted octanol–water partition coefficient (Wildman–Crippen LogP) is 3.94. The van der Waals surface area contributed by atoms with E-state index in [2.05, 4.69) is 17.1 Å². The van der Waals surface area contributed by atoms with Crippen LogP contribution in [0.15, 0.2) is 24.3 Å². The average Bonchev–Trinajstić information content (AvgIpc) is 2.58. The van der Waals surface area contributed by atoms with E-state index in [1.54, 1.807) is 0 Å². The lowest BCUT2D eigenvalue weighted by Crippen LogP contribution is -2.42. The summed E-state index contributed by atoms with van der Waals surface area (Å²) in [5, 5.41) is 2.96. The van der Waals surface area contributed by atoms with Crippen molar-refractivity contribution in [2.75, 3.05) is 39.2 Å². The lowest BCUT2D eigenvalue weighted by atomic mass is 9.97. The third-order valence-electron chi connectivity index (χ3n) is 4.08. The minimum Gasteiger partial charge on any atom is -0.494 e. The van der Waals surface area contributed by atoms with E-state index < -0.39 is 5.60 Å². The van der Waals surface area contributed by atoms with E-state index in [0.29, 0.717) is 13.2 Å². The molecule has 0 fully saturated rings. The van der Waals surface area contributed by atoms with Gasteiger partial charge in [0.1, 0.15) is 11.4 Å². The van der Waals surface area contributed by atoms with Gasteiger partial charge in [-0.05, 0) is 65.0 Å². The number of nitrogens with zero attached hydrogens (tertiary/aromatic N) is 1. The second kappa shape index (κ2) is 11.1. The van der Waals surface area contributed by atoms with Gasteiger partial charge in [0, 0.05) is 18.8 Å². The lowest BCUT2D eigenvalue weighted by Gasteiger charge is -2.28. The molecule has 0 aliphatic heterocycles. The van der Waals surface area contributed by atoms with E-state index in [-0.39, 0.29) is 5.91 Å². The Bertz CT molecular complexity index is 502. The van der Waals surface area contributed by atoms with Gasteiger partial charge in [-0.3, -0.25) is 4.79 Å². The molecule has 1 amide bonds. The van der Waals surface area contributed by atoms with Gasteiger partial charge < -0.3 is 19.7 Å². The number of rotatable bonds is 12. The standard InChI is InChI=1S/C20H34N2O3/c1-6-8-14-20(3,25-7-2)19(23)21-17-10-12-18(13-11-17)24-16-9-15-22(4)5/h10-13H,6-9,14-16H2,1-5H3,(H,21,23)/t20-/m0/s1. The first-order valence-corrected chi connectivity index (χ1v) is 9.24. The Morgan fingerprint density at radius 3 is 2.40 bits per heavy atom. The van der Waals surface area contributed by atoms with Crippen molar-refractivity contribution in [2.45, 2.75) is 52.1 Å². The Hall–Kier alpha value is -1.59. The number of hydrogen-bond donors (Lipinski definition) is 1. The average molecular weight is 351 g/mol. The molecule has 5 heteroatoms.